The van der Waals surface area contributed by atoms with Crippen LogP contribution >= 0.6 is 0 Å². The van der Waals surface area contributed by atoms with Gasteiger partial charge in [-0.1, -0.05) is 6.08 Å². The predicted octanol–water partition coefficient (Wildman–Crippen LogP) is 2.29. The minimum Gasteiger partial charge on any atom is -0.130 e. The fourth-order valence-electron chi connectivity index (χ4n) is 0.269. The van der Waals surface area contributed by atoms with E-state index in [4.69, 9.17) is 0 Å². The van der Waals surface area contributed by atoms with Crippen molar-refractivity contribution >= 4 is 0 Å². The Labute approximate surface area is 44.9 Å². The van der Waals surface area contributed by atoms with E-state index in [0.29, 0.717) is 0 Å². The average molecular weight is 94.2 g/mol. The van der Waals surface area contributed by atoms with Crippen molar-refractivity contribution in [2.24, 2.45) is 0 Å². The lowest BCUT2D eigenvalue weighted by atomic mass is 10.4. The molecule has 0 radical (unpaired) electrons. The van der Waals surface area contributed by atoms with Crippen LogP contribution in [0.2, 0.25) is 0 Å². The largest absolute Gasteiger partial charge is 0.130 e. The highest BCUT2D eigenvalue weighted by Crippen LogP contribution is 1.77. The molecule has 0 atom stereocenters. The van der Waals surface area contributed by atoms with E-state index in [2.05, 4.69) is 12.3 Å². The van der Waals surface area contributed by atoms with Gasteiger partial charge in [-0.2, -0.15) is 0 Å². The third-order valence-corrected chi connectivity index (χ3v) is 0.569. The molecule has 0 heterocycles. The highest BCUT2D eigenvalue weighted by molar-refractivity contribution is 4.87. The Morgan fingerprint density at radius 1 is 1.71 bits per heavy atom. The van der Waals surface area contributed by atoms with Gasteiger partial charge in [-0.05, 0) is 25.5 Å². The third-order valence-electron chi connectivity index (χ3n) is 0.569. The van der Waals surface area contributed by atoms with Gasteiger partial charge < -0.3 is 0 Å². The Hall–Kier alpha value is -0.740. The average Bonchev–Trinajstić information content (AvgIpc) is 1.69. The van der Waals surface area contributed by atoms with Gasteiger partial charge in [0.25, 0.3) is 0 Å². The van der Waals surface area contributed by atoms with E-state index < -0.39 is 0 Å². The molecule has 0 saturated carbocycles. The summed E-state index contributed by atoms with van der Waals surface area (Å²) >= 11 is 0. The predicted molar refractivity (Wildman–Crippen MR) is 33.1 cm³/mol. The molecule has 0 nitrogen and oxygen atoms in total. The van der Waals surface area contributed by atoms with Crippen molar-refractivity contribution in [2.45, 2.75) is 13.3 Å². The lowest BCUT2D eigenvalue weighted by Crippen LogP contribution is -1.47. The standard InChI is InChI=1S/C7H10/c1-3-5-7-6-4-2/h3-4,7H,1,5H2,2H3. The molecule has 0 rings (SSSR count). The SMILES string of the molecule is C=CCC=C=CC. The van der Waals surface area contributed by atoms with E-state index >= 15 is 0 Å². The number of hydrogen-bond acceptors (Lipinski definition) is 0. The van der Waals surface area contributed by atoms with Gasteiger partial charge in [0.05, 0.1) is 0 Å². The van der Waals surface area contributed by atoms with E-state index in [1.165, 1.54) is 0 Å². The molecular formula is C7H10. The number of allylic oxidation sites excluding steroid dienone is 2. The highest BCUT2D eigenvalue weighted by atomic mass is 13.6. The minimum atomic E-state index is 0.921. The summed E-state index contributed by atoms with van der Waals surface area (Å²) < 4.78 is 0. The van der Waals surface area contributed by atoms with E-state index in [1.807, 2.05) is 25.2 Å². The zero-order valence-corrected chi connectivity index (χ0v) is 4.65. The Balaban J connectivity index is 3.27. The van der Waals surface area contributed by atoms with Crippen molar-refractivity contribution in [3.63, 3.8) is 0 Å². The zero-order valence-electron chi connectivity index (χ0n) is 4.65. The second-order valence-corrected chi connectivity index (χ2v) is 1.18. The first-order valence-corrected chi connectivity index (χ1v) is 2.38. The third kappa shape index (κ3) is 5.26. The van der Waals surface area contributed by atoms with Crippen molar-refractivity contribution in [3.05, 3.63) is 30.5 Å². The summed E-state index contributed by atoms with van der Waals surface area (Å²) in [6, 6.07) is 0. The van der Waals surface area contributed by atoms with Crippen LogP contribution in [0.25, 0.3) is 0 Å². The van der Waals surface area contributed by atoms with Crippen LogP contribution in [0.15, 0.2) is 30.5 Å². The summed E-state index contributed by atoms with van der Waals surface area (Å²) in [5.74, 6) is 0. The van der Waals surface area contributed by atoms with E-state index in [0.717, 1.165) is 6.42 Å². The minimum absolute atomic E-state index is 0.921. The van der Waals surface area contributed by atoms with Crippen LogP contribution in [0, 0.1) is 0 Å². The summed E-state index contributed by atoms with van der Waals surface area (Å²) in [7, 11) is 0. The summed E-state index contributed by atoms with van der Waals surface area (Å²) in [5.41, 5.74) is 2.93. The van der Waals surface area contributed by atoms with Gasteiger partial charge in [0.15, 0.2) is 0 Å². The molecule has 0 aromatic heterocycles. The van der Waals surface area contributed by atoms with Crippen LogP contribution in [0.4, 0.5) is 0 Å². The first-order valence-electron chi connectivity index (χ1n) is 2.38. The normalized spacial score (nSPS) is 6.43. The molecule has 0 amide bonds. The Morgan fingerprint density at radius 2 is 2.43 bits per heavy atom. The van der Waals surface area contributed by atoms with Gasteiger partial charge in [0.1, 0.15) is 0 Å². The summed E-state index contributed by atoms with van der Waals surface area (Å²) in [4.78, 5) is 0. The van der Waals surface area contributed by atoms with Crippen molar-refractivity contribution < 1.29 is 0 Å². The second-order valence-electron chi connectivity index (χ2n) is 1.18. The fourth-order valence-corrected chi connectivity index (χ4v) is 0.269. The Kier molecular flexibility index (Phi) is 4.70. The van der Waals surface area contributed by atoms with E-state index in [-0.39, 0.29) is 0 Å². The quantitative estimate of drug-likeness (QED) is 0.364. The molecular weight excluding hydrogens is 84.1 g/mol. The molecule has 0 unspecified atom stereocenters. The summed E-state index contributed by atoms with van der Waals surface area (Å²) in [5, 5.41) is 0. The van der Waals surface area contributed by atoms with Gasteiger partial charge in [0, 0.05) is 0 Å². The molecule has 0 aromatic rings. The zero-order chi connectivity index (χ0) is 5.54. The van der Waals surface area contributed by atoms with Gasteiger partial charge in [0.2, 0.25) is 0 Å². The maximum absolute atomic E-state index is 3.55. The highest BCUT2D eigenvalue weighted by Gasteiger charge is 1.57. The molecule has 0 saturated heterocycles. The Bertz CT molecular complexity index is 92.6. The van der Waals surface area contributed by atoms with Crippen LogP contribution in [0.5, 0.6) is 0 Å². The first kappa shape index (κ1) is 6.26. The van der Waals surface area contributed by atoms with Crippen LogP contribution in [-0.4, -0.2) is 0 Å². The molecule has 0 N–H and O–H groups in total. The van der Waals surface area contributed by atoms with Crippen LogP contribution in [0.1, 0.15) is 13.3 Å². The second kappa shape index (κ2) is 5.26. The van der Waals surface area contributed by atoms with Crippen LogP contribution in [-0.2, 0) is 0 Å². The van der Waals surface area contributed by atoms with Gasteiger partial charge in [-0.25, -0.2) is 0 Å². The monoisotopic (exact) mass is 94.1 g/mol. The fraction of sp³-hybridized carbons (Fsp3) is 0.286. The lowest BCUT2D eigenvalue weighted by Gasteiger charge is -1.67. The molecule has 7 heavy (non-hydrogen) atoms. The molecule has 0 aliphatic carbocycles. The summed E-state index contributed by atoms with van der Waals surface area (Å²) in [6.45, 7) is 5.49. The van der Waals surface area contributed by atoms with Crippen molar-refractivity contribution in [2.75, 3.05) is 0 Å². The van der Waals surface area contributed by atoms with Crippen molar-refractivity contribution in [1.82, 2.24) is 0 Å². The van der Waals surface area contributed by atoms with Crippen molar-refractivity contribution in [1.29, 1.82) is 0 Å². The number of hydrogen-bond donors (Lipinski definition) is 0. The van der Waals surface area contributed by atoms with E-state index in [1.54, 1.807) is 0 Å². The lowest BCUT2D eigenvalue weighted by molar-refractivity contribution is 1.41. The number of rotatable bonds is 2. The van der Waals surface area contributed by atoms with Gasteiger partial charge >= 0.3 is 0 Å². The molecule has 0 aliphatic heterocycles. The Morgan fingerprint density at radius 3 is 2.86 bits per heavy atom. The first-order chi connectivity index (χ1) is 3.41. The van der Waals surface area contributed by atoms with Crippen LogP contribution < -0.4 is 0 Å². The summed E-state index contributed by atoms with van der Waals surface area (Å²) in [6.07, 6.45) is 6.58. The molecule has 0 aliphatic rings. The molecule has 0 spiro atoms. The molecule has 0 heteroatoms. The van der Waals surface area contributed by atoms with Crippen LogP contribution in [0.3, 0.4) is 0 Å². The topological polar surface area (TPSA) is 0 Å². The molecule has 0 fully saturated rings. The smallest absolute Gasteiger partial charge is 0.00957 e. The molecule has 0 bridgehead atoms. The molecule has 38 valence electrons. The van der Waals surface area contributed by atoms with Gasteiger partial charge in [-0.3, -0.25) is 0 Å². The van der Waals surface area contributed by atoms with Crippen molar-refractivity contribution in [3.8, 4) is 0 Å². The van der Waals surface area contributed by atoms with E-state index in [9.17, 15) is 0 Å². The maximum Gasteiger partial charge on any atom is -0.00957 e. The maximum atomic E-state index is 3.55. The molecule has 0 aromatic carbocycles. The van der Waals surface area contributed by atoms with Gasteiger partial charge in [-0.15, -0.1) is 12.3 Å².